The van der Waals surface area contributed by atoms with Gasteiger partial charge in [-0.05, 0) is 41.2 Å². The predicted octanol–water partition coefficient (Wildman–Crippen LogP) is 9.37. The summed E-state index contributed by atoms with van der Waals surface area (Å²) < 4.78 is 6.24. The fourth-order valence-corrected chi connectivity index (χ4v) is 4.03. The van der Waals surface area contributed by atoms with Crippen LogP contribution in [0.25, 0.3) is 0 Å². The normalized spacial score (nSPS) is 17.1. The Morgan fingerprint density at radius 1 is 0.971 bits per heavy atom. The molecule has 2 aromatic rings. The monoisotopic (exact) mass is 634 g/mol. The molecule has 0 aromatic heterocycles. The Kier molecular flexibility index (Phi) is 12.0. The fraction of sp³-hybridized carbons (Fsp3) is 0.500. The molecule has 6 heteroatoms. The molecule has 0 N–H and O–H groups in total. The Morgan fingerprint density at radius 3 is 2.03 bits per heavy atom. The van der Waals surface area contributed by atoms with Gasteiger partial charge in [0.1, 0.15) is 5.71 Å². The molecule has 0 fully saturated rings. The van der Waals surface area contributed by atoms with Gasteiger partial charge in [0.2, 0.25) is 5.90 Å². The van der Waals surface area contributed by atoms with E-state index >= 15 is 0 Å². The summed E-state index contributed by atoms with van der Waals surface area (Å²) in [5, 5.41) is 0. The van der Waals surface area contributed by atoms with E-state index in [2.05, 4.69) is 119 Å². The van der Waals surface area contributed by atoms with Crippen molar-refractivity contribution in [1.82, 2.24) is 0 Å². The van der Waals surface area contributed by atoms with Crippen LogP contribution in [0.4, 0.5) is 5.69 Å². The number of para-hydroxylation sites is 1. The summed E-state index contributed by atoms with van der Waals surface area (Å²) in [6.07, 6.45) is 2.05. The van der Waals surface area contributed by atoms with Crippen molar-refractivity contribution >= 4 is 45.7 Å². The van der Waals surface area contributed by atoms with Crippen molar-refractivity contribution in [2.24, 2.45) is 15.4 Å². The van der Waals surface area contributed by atoms with Crippen molar-refractivity contribution < 1.29 is 15.6 Å². The number of benzene rings is 2. The first kappa shape index (κ1) is 29.3. The van der Waals surface area contributed by atoms with E-state index in [0.717, 1.165) is 29.8 Å². The van der Waals surface area contributed by atoms with Crippen LogP contribution in [-0.2, 0) is 15.6 Å². The molecule has 2 aromatic carbocycles. The topological polar surface area (TPSA) is 34.0 Å². The van der Waals surface area contributed by atoms with Crippen LogP contribution in [0.5, 0.6) is 0 Å². The van der Waals surface area contributed by atoms with Crippen molar-refractivity contribution in [2.45, 2.75) is 79.2 Å². The predicted molar refractivity (Wildman–Crippen MR) is 151 cm³/mol. The van der Waals surface area contributed by atoms with Crippen LogP contribution in [0, 0.1) is 5.41 Å². The van der Waals surface area contributed by atoms with Crippen LogP contribution in [0.1, 0.15) is 89.8 Å². The van der Waals surface area contributed by atoms with Gasteiger partial charge in [0, 0.05) is 5.56 Å². The first-order chi connectivity index (χ1) is 16.1. The number of ether oxygens (including phenoxy) is 1. The van der Waals surface area contributed by atoms with E-state index in [9.17, 15) is 0 Å². The van der Waals surface area contributed by atoms with E-state index in [0.29, 0.717) is 24.3 Å². The Bertz CT molecular complexity index is 940. The van der Waals surface area contributed by atoms with Crippen molar-refractivity contribution in [2.75, 3.05) is 6.61 Å². The second-order valence-corrected chi connectivity index (χ2v) is 15.3. The molecule has 1 atom stereocenters. The first-order valence-electron chi connectivity index (χ1n) is 11.9. The molecule has 1 aliphatic heterocycles. The van der Waals surface area contributed by atoms with E-state index in [1.54, 1.807) is 0 Å². The molecule has 3 nitrogen and oxygen atoms in total. The van der Waals surface area contributed by atoms with E-state index in [1.807, 2.05) is 6.07 Å². The molecule has 0 amide bonds. The van der Waals surface area contributed by atoms with Crippen molar-refractivity contribution in [1.29, 1.82) is 0 Å². The summed E-state index contributed by atoms with van der Waals surface area (Å²) in [7, 11) is 1.25. The maximum absolute atomic E-state index is 6.24. The molecule has 0 bridgehead atoms. The minimum atomic E-state index is 0.0830. The van der Waals surface area contributed by atoms with Gasteiger partial charge >= 0.3 is 39.3 Å². The van der Waals surface area contributed by atoms with Gasteiger partial charge in [-0.15, -0.1) is 0 Å². The molecule has 1 heterocycles. The summed E-state index contributed by atoms with van der Waals surface area (Å²) >= 11 is 6.00. The van der Waals surface area contributed by atoms with Crippen molar-refractivity contribution in [3.05, 3.63) is 65.2 Å². The average molecular weight is 637 g/mol. The first-order valence-corrected chi connectivity index (χ1v) is 16.8. The maximum atomic E-state index is 6.24. The molecular weight excluding hydrogens is 599 g/mol. The molecular formula is C28H38Br2N2NiO. The zero-order valence-electron chi connectivity index (χ0n) is 21.3. The van der Waals surface area contributed by atoms with Crippen molar-refractivity contribution in [3.63, 3.8) is 0 Å². The van der Waals surface area contributed by atoms with Crippen LogP contribution in [-0.4, -0.2) is 24.3 Å². The van der Waals surface area contributed by atoms with Gasteiger partial charge in [-0.3, -0.25) is 0 Å². The minimum absolute atomic E-state index is 0.0830. The SMILES string of the molecule is CC(C)c1cccc(C(C)C)c1N=C(C1=N[C@@H](C(C)(C)C)CCCO1)c1ccccc1.[Br][Ni][Br]. The fourth-order valence-electron chi connectivity index (χ4n) is 4.03. The van der Waals surface area contributed by atoms with Gasteiger partial charge < -0.3 is 4.74 Å². The van der Waals surface area contributed by atoms with E-state index in [1.165, 1.54) is 22.0 Å². The molecule has 3 rings (SSSR count). The van der Waals surface area contributed by atoms with Crippen LogP contribution in [0.3, 0.4) is 0 Å². The van der Waals surface area contributed by atoms with Crippen LogP contribution < -0.4 is 0 Å². The number of aliphatic imine (C=N–C) groups is 2. The molecule has 0 unspecified atom stereocenters. The third-order valence-electron chi connectivity index (χ3n) is 5.95. The third-order valence-corrected chi connectivity index (χ3v) is 5.95. The summed E-state index contributed by atoms with van der Waals surface area (Å²) in [5.74, 6) is 1.44. The van der Waals surface area contributed by atoms with Crippen LogP contribution in [0.15, 0.2) is 58.5 Å². The zero-order valence-corrected chi connectivity index (χ0v) is 25.5. The van der Waals surface area contributed by atoms with Gasteiger partial charge in [0.05, 0.1) is 18.3 Å². The van der Waals surface area contributed by atoms with E-state index in [4.69, 9.17) is 14.7 Å². The Morgan fingerprint density at radius 2 is 1.53 bits per heavy atom. The van der Waals surface area contributed by atoms with Gasteiger partial charge in [-0.2, -0.15) is 0 Å². The third kappa shape index (κ3) is 8.31. The average Bonchev–Trinajstić information content (AvgIpc) is 3.04. The molecule has 0 spiro atoms. The number of hydrogen-bond acceptors (Lipinski definition) is 3. The molecule has 0 saturated carbocycles. The Labute approximate surface area is 226 Å². The van der Waals surface area contributed by atoms with Crippen LogP contribution in [0.2, 0.25) is 0 Å². The molecule has 190 valence electrons. The summed E-state index contributed by atoms with van der Waals surface area (Å²) in [6.45, 7) is 16.4. The second-order valence-electron chi connectivity index (χ2n) is 10.3. The summed E-state index contributed by atoms with van der Waals surface area (Å²) in [6, 6.07) is 17.1. The molecule has 1 aliphatic rings. The quantitative estimate of drug-likeness (QED) is 0.238. The van der Waals surface area contributed by atoms with Crippen LogP contribution >= 0.6 is 28.5 Å². The number of halogens is 2. The summed E-state index contributed by atoms with van der Waals surface area (Å²) in [4.78, 5) is 10.4. The molecule has 0 saturated heterocycles. The van der Waals surface area contributed by atoms with Gasteiger partial charge in [-0.25, -0.2) is 9.98 Å². The van der Waals surface area contributed by atoms with Gasteiger partial charge in [0.25, 0.3) is 0 Å². The van der Waals surface area contributed by atoms with E-state index < -0.39 is 0 Å². The number of nitrogens with zero attached hydrogens (tertiary/aromatic N) is 2. The Hall–Kier alpha value is -0.966. The number of rotatable bonds is 5. The molecule has 0 aliphatic carbocycles. The van der Waals surface area contributed by atoms with E-state index in [-0.39, 0.29) is 11.5 Å². The zero-order chi connectivity index (χ0) is 25.3. The molecule has 0 radical (unpaired) electrons. The van der Waals surface area contributed by atoms with Crippen molar-refractivity contribution in [3.8, 4) is 0 Å². The second kappa shape index (κ2) is 13.9. The molecule has 34 heavy (non-hydrogen) atoms. The summed E-state index contributed by atoms with van der Waals surface area (Å²) in [5.41, 5.74) is 5.56. The standard InChI is InChI=1S/C28H38N2O.2BrH.Ni/c1-19(2)22-15-11-16-23(20(3)4)26(22)30-25(21-13-9-8-10-14-21)27-29-24(28(5,6)7)17-12-18-31-27;;;/h8-11,13-16,19-20,24H,12,17-18H2,1-7H3;2*1H;/q;;;+2/p-2/t24-;;;/m1.../s1. The van der Waals surface area contributed by atoms with Gasteiger partial charge in [-0.1, -0.05) is 97.0 Å². The number of hydrogen-bond donors (Lipinski definition) is 0. The van der Waals surface area contributed by atoms with Gasteiger partial charge in [0.15, 0.2) is 0 Å². The Balaban J connectivity index is 0.00000129.